The number of halogens is 2. The molecule has 2 N–H and O–H groups in total. The van der Waals surface area contributed by atoms with Gasteiger partial charge in [-0.1, -0.05) is 65.8 Å². The maximum absolute atomic E-state index is 13.8. The molecule has 0 saturated heterocycles. The summed E-state index contributed by atoms with van der Waals surface area (Å²) in [5.41, 5.74) is 2.70. The third kappa shape index (κ3) is 9.49. The summed E-state index contributed by atoms with van der Waals surface area (Å²) in [4.78, 5) is 0. The molecular weight excluding hydrogens is 589 g/mol. The van der Waals surface area contributed by atoms with Crippen molar-refractivity contribution in [2.75, 3.05) is 11.9 Å². The van der Waals surface area contributed by atoms with Crippen molar-refractivity contribution < 1.29 is 22.7 Å². The molecule has 0 fully saturated rings. The SMILES string of the molecule is CC(C)(C)[Si](C)(C)Oc1ccc([C@@H](Nc2ccc(F)cc2)[C@H](CO)CC[C@H](O[Si](C)(C)C(C)(C)C)c2ccc(F)cc2)cc1. The Bertz CT molecular complexity index is 1320. The quantitative estimate of drug-likeness (QED) is 0.182. The number of benzene rings is 3. The van der Waals surface area contributed by atoms with Gasteiger partial charge in [0.05, 0.1) is 12.1 Å². The fourth-order valence-electron chi connectivity index (χ4n) is 4.62. The van der Waals surface area contributed by atoms with E-state index in [1.807, 2.05) is 12.1 Å². The molecule has 3 aromatic carbocycles. The molecule has 8 heteroatoms. The molecule has 3 rings (SSSR count). The van der Waals surface area contributed by atoms with Gasteiger partial charge in [-0.25, -0.2) is 8.78 Å². The number of aliphatic hydroxyl groups excluding tert-OH is 1. The normalized spacial score (nSPS) is 15.0. The summed E-state index contributed by atoms with van der Waals surface area (Å²) in [6.07, 6.45) is 1.06. The molecule has 0 aliphatic heterocycles. The van der Waals surface area contributed by atoms with Crippen LogP contribution in [0.2, 0.25) is 36.3 Å². The highest BCUT2D eigenvalue weighted by atomic mass is 28.4. The van der Waals surface area contributed by atoms with Crippen LogP contribution in [0.15, 0.2) is 72.8 Å². The molecular formula is C36H53F2NO3Si2. The molecule has 0 spiro atoms. The Balaban J connectivity index is 1.92. The molecule has 3 atom stereocenters. The predicted octanol–water partition coefficient (Wildman–Crippen LogP) is 10.7. The molecule has 0 aliphatic carbocycles. The van der Waals surface area contributed by atoms with E-state index in [9.17, 15) is 13.9 Å². The molecule has 242 valence electrons. The summed E-state index contributed by atoms with van der Waals surface area (Å²) in [5, 5.41) is 14.4. The van der Waals surface area contributed by atoms with Crippen molar-refractivity contribution in [1.82, 2.24) is 0 Å². The minimum atomic E-state index is -2.16. The van der Waals surface area contributed by atoms with Gasteiger partial charge in [-0.2, -0.15) is 0 Å². The third-order valence-electron chi connectivity index (χ3n) is 9.58. The Hall–Kier alpha value is -2.53. The van der Waals surface area contributed by atoms with Crippen molar-refractivity contribution in [3.63, 3.8) is 0 Å². The Morgan fingerprint density at radius 3 is 1.64 bits per heavy atom. The fraction of sp³-hybridized carbons (Fsp3) is 0.500. The summed E-state index contributed by atoms with van der Waals surface area (Å²) in [6.45, 7) is 22.1. The largest absolute Gasteiger partial charge is 0.544 e. The summed E-state index contributed by atoms with van der Waals surface area (Å²) < 4.78 is 41.0. The second kappa shape index (κ2) is 14.3. The van der Waals surface area contributed by atoms with Crippen LogP contribution in [0.1, 0.15) is 77.7 Å². The van der Waals surface area contributed by atoms with Crippen LogP contribution >= 0.6 is 0 Å². The predicted molar refractivity (Wildman–Crippen MR) is 184 cm³/mol. The molecule has 0 aromatic heterocycles. The van der Waals surface area contributed by atoms with Gasteiger partial charge in [0.1, 0.15) is 17.4 Å². The Morgan fingerprint density at radius 1 is 0.682 bits per heavy atom. The zero-order valence-electron chi connectivity index (χ0n) is 28.3. The van der Waals surface area contributed by atoms with E-state index < -0.39 is 16.6 Å². The van der Waals surface area contributed by atoms with E-state index in [-0.39, 0.29) is 46.4 Å². The highest BCUT2D eigenvalue weighted by molar-refractivity contribution is 6.75. The summed E-state index contributed by atoms with van der Waals surface area (Å²) >= 11 is 0. The van der Waals surface area contributed by atoms with Crippen molar-refractivity contribution in [3.05, 3.63) is 95.6 Å². The van der Waals surface area contributed by atoms with Gasteiger partial charge in [0.2, 0.25) is 8.32 Å². The van der Waals surface area contributed by atoms with Crippen LogP contribution in [0.4, 0.5) is 14.5 Å². The molecule has 0 unspecified atom stereocenters. The summed E-state index contributed by atoms with van der Waals surface area (Å²) in [5.74, 6) is 0.0687. The molecule has 44 heavy (non-hydrogen) atoms. The van der Waals surface area contributed by atoms with E-state index in [0.717, 1.165) is 22.6 Å². The number of rotatable bonds is 13. The van der Waals surface area contributed by atoms with Crippen LogP contribution in [-0.2, 0) is 4.43 Å². The highest BCUT2D eigenvalue weighted by Gasteiger charge is 2.40. The standard InChI is InChI=1S/C36H53F2NO3Si2/c1-35(2,3)43(7,8)41-32-22-13-27(14-23-32)34(39-31-20-18-30(38)19-21-31)28(25-40)15-24-33(26-11-16-29(37)17-12-26)42-44(9,10)36(4,5)6/h11-14,16-23,28,33-34,39-40H,15,24-25H2,1-10H3/t28-,33-,34+/m0/s1. The zero-order valence-corrected chi connectivity index (χ0v) is 30.3. The number of hydrogen-bond donors (Lipinski definition) is 2. The molecule has 3 aromatic rings. The van der Waals surface area contributed by atoms with Gasteiger partial charge in [0.25, 0.3) is 0 Å². The number of anilines is 1. The lowest BCUT2D eigenvalue weighted by atomic mass is 9.87. The van der Waals surface area contributed by atoms with Gasteiger partial charge in [-0.15, -0.1) is 0 Å². The first-order valence-electron chi connectivity index (χ1n) is 15.7. The first-order valence-corrected chi connectivity index (χ1v) is 21.5. The van der Waals surface area contributed by atoms with Crippen molar-refractivity contribution >= 4 is 22.3 Å². The van der Waals surface area contributed by atoms with Crippen LogP contribution in [0, 0.1) is 17.6 Å². The van der Waals surface area contributed by atoms with E-state index >= 15 is 0 Å². The van der Waals surface area contributed by atoms with Gasteiger partial charge in [0, 0.05) is 18.2 Å². The number of aliphatic hydroxyl groups is 1. The van der Waals surface area contributed by atoms with Gasteiger partial charge in [-0.3, -0.25) is 0 Å². The molecule has 0 heterocycles. The maximum atomic E-state index is 13.8. The zero-order chi connectivity index (χ0) is 32.9. The number of nitrogens with one attached hydrogen (secondary N) is 1. The van der Waals surface area contributed by atoms with Crippen LogP contribution in [-0.4, -0.2) is 28.3 Å². The van der Waals surface area contributed by atoms with Crippen molar-refractivity contribution in [1.29, 1.82) is 0 Å². The van der Waals surface area contributed by atoms with E-state index in [2.05, 4.69) is 85.2 Å². The smallest absolute Gasteiger partial charge is 0.250 e. The van der Waals surface area contributed by atoms with E-state index in [1.54, 1.807) is 24.3 Å². The highest BCUT2D eigenvalue weighted by Crippen LogP contribution is 2.42. The summed E-state index contributed by atoms with van der Waals surface area (Å²) in [7, 11) is -4.17. The van der Waals surface area contributed by atoms with Crippen LogP contribution in [0.3, 0.4) is 0 Å². The van der Waals surface area contributed by atoms with E-state index in [0.29, 0.717) is 12.8 Å². The molecule has 0 radical (unpaired) electrons. The van der Waals surface area contributed by atoms with Gasteiger partial charge < -0.3 is 19.3 Å². The average molecular weight is 642 g/mol. The fourth-order valence-corrected chi connectivity index (χ4v) is 6.97. The van der Waals surface area contributed by atoms with Gasteiger partial charge in [-0.05, 0) is 109 Å². The molecule has 0 bridgehead atoms. The van der Waals surface area contributed by atoms with Crippen molar-refractivity contribution in [2.45, 2.75) is 103 Å². The van der Waals surface area contributed by atoms with E-state index in [4.69, 9.17) is 8.85 Å². The monoisotopic (exact) mass is 641 g/mol. The first kappa shape index (κ1) is 35.9. The van der Waals surface area contributed by atoms with Crippen LogP contribution in [0.5, 0.6) is 5.75 Å². The van der Waals surface area contributed by atoms with Gasteiger partial charge in [0.15, 0.2) is 8.32 Å². The Kier molecular flexibility index (Phi) is 11.7. The average Bonchev–Trinajstić information content (AvgIpc) is 2.92. The number of hydrogen-bond acceptors (Lipinski definition) is 4. The lowest BCUT2D eigenvalue weighted by Crippen LogP contribution is -2.43. The molecule has 0 aliphatic rings. The molecule has 0 amide bonds. The Labute approximate surface area is 266 Å². The minimum Gasteiger partial charge on any atom is -0.544 e. The van der Waals surface area contributed by atoms with Crippen molar-refractivity contribution in [2.24, 2.45) is 5.92 Å². The molecule has 0 saturated carbocycles. The molecule has 4 nitrogen and oxygen atoms in total. The van der Waals surface area contributed by atoms with Gasteiger partial charge >= 0.3 is 0 Å². The van der Waals surface area contributed by atoms with Crippen LogP contribution < -0.4 is 9.74 Å². The lowest BCUT2D eigenvalue weighted by molar-refractivity contribution is 0.142. The third-order valence-corrected chi connectivity index (χ3v) is 18.4. The second-order valence-corrected chi connectivity index (χ2v) is 24.5. The minimum absolute atomic E-state index is 0.00254. The first-order chi connectivity index (χ1) is 20.3. The Morgan fingerprint density at radius 2 is 1.16 bits per heavy atom. The topological polar surface area (TPSA) is 50.7 Å². The maximum Gasteiger partial charge on any atom is 0.250 e. The summed E-state index contributed by atoms with van der Waals surface area (Å²) in [6, 6.07) is 20.7. The van der Waals surface area contributed by atoms with E-state index in [1.165, 1.54) is 24.3 Å². The second-order valence-electron chi connectivity index (χ2n) is 15.0. The van der Waals surface area contributed by atoms with Crippen molar-refractivity contribution in [3.8, 4) is 5.75 Å². The van der Waals surface area contributed by atoms with Crippen LogP contribution in [0.25, 0.3) is 0 Å². The lowest BCUT2D eigenvalue weighted by Gasteiger charge is -2.40.